The first-order valence-electron chi connectivity index (χ1n) is 6.55. The number of esters is 1. The van der Waals surface area contributed by atoms with Gasteiger partial charge in [-0.05, 0) is 45.5 Å². The van der Waals surface area contributed by atoms with Gasteiger partial charge in [-0.2, -0.15) is 0 Å². The van der Waals surface area contributed by atoms with Crippen LogP contribution in [0.3, 0.4) is 0 Å². The molecule has 1 aliphatic rings. The molecule has 1 fully saturated rings. The number of carbonyl (C=O) groups excluding carboxylic acids is 1. The molecule has 0 aromatic rings. The first-order valence-corrected chi connectivity index (χ1v) is 6.55. The van der Waals surface area contributed by atoms with Crippen molar-refractivity contribution < 1.29 is 14.6 Å². The molecule has 0 bridgehead atoms. The SMILES string of the molecule is CCOC(=O)[C@@]1(C)C[C@H](NB(C)O)C[C@@H]1CC. The van der Waals surface area contributed by atoms with Gasteiger partial charge in [-0.15, -0.1) is 0 Å². The van der Waals surface area contributed by atoms with Crippen molar-refractivity contribution in [1.82, 2.24) is 5.23 Å². The Morgan fingerprint density at radius 1 is 1.59 bits per heavy atom. The summed E-state index contributed by atoms with van der Waals surface area (Å²) in [6.45, 7) is 8.07. The van der Waals surface area contributed by atoms with Crippen LogP contribution in [0.2, 0.25) is 6.82 Å². The first kappa shape index (κ1) is 14.5. The van der Waals surface area contributed by atoms with Crippen LogP contribution >= 0.6 is 0 Å². The zero-order valence-corrected chi connectivity index (χ0v) is 11.3. The van der Waals surface area contributed by atoms with Gasteiger partial charge < -0.3 is 15.0 Å². The summed E-state index contributed by atoms with van der Waals surface area (Å²) in [5.74, 6) is 0.236. The van der Waals surface area contributed by atoms with Crippen LogP contribution in [0.25, 0.3) is 0 Å². The van der Waals surface area contributed by atoms with Crippen LogP contribution in [0, 0.1) is 11.3 Å². The van der Waals surface area contributed by atoms with Gasteiger partial charge in [0.15, 0.2) is 0 Å². The molecule has 5 heteroatoms. The van der Waals surface area contributed by atoms with Crippen LogP contribution in [0.15, 0.2) is 0 Å². The van der Waals surface area contributed by atoms with E-state index >= 15 is 0 Å². The van der Waals surface area contributed by atoms with Crippen molar-refractivity contribution in [2.45, 2.75) is 52.9 Å². The molecular weight excluding hydrogens is 217 g/mol. The van der Waals surface area contributed by atoms with Crippen molar-refractivity contribution >= 4 is 13.0 Å². The molecule has 0 saturated heterocycles. The molecule has 3 atom stereocenters. The van der Waals surface area contributed by atoms with Gasteiger partial charge in [0.05, 0.1) is 12.0 Å². The summed E-state index contributed by atoms with van der Waals surface area (Å²) in [7, 11) is -0.526. The molecule has 1 saturated carbocycles. The number of hydrogen-bond acceptors (Lipinski definition) is 4. The van der Waals surface area contributed by atoms with Crippen molar-refractivity contribution in [3.05, 3.63) is 0 Å². The predicted octanol–water partition coefficient (Wildman–Crippen LogP) is 1.44. The van der Waals surface area contributed by atoms with Gasteiger partial charge in [0.25, 0.3) is 0 Å². The summed E-state index contributed by atoms with van der Waals surface area (Å²) in [4.78, 5) is 12.1. The van der Waals surface area contributed by atoms with E-state index in [1.54, 1.807) is 6.82 Å². The maximum atomic E-state index is 12.1. The van der Waals surface area contributed by atoms with Crippen LogP contribution in [0.4, 0.5) is 0 Å². The second-order valence-corrected chi connectivity index (χ2v) is 5.22. The van der Waals surface area contributed by atoms with Crippen molar-refractivity contribution in [2.75, 3.05) is 6.61 Å². The van der Waals surface area contributed by atoms with E-state index in [9.17, 15) is 9.82 Å². The van der Waals surface area contributed by atoms with E-state index in [1.807, 2.05) is 13.8 Å². The molecule has 98 valence electrons. The molecule has 1 rings (SSSR count). The van der Waals surface area contributed by atoms with Gasteiger partial charge in [0.1, 0.15) is 0 Å². The van der Waals surface area contributed by atoms with Gasteiger partial charge in [0, 0.05) is 0 Å². The fourth-order valence-corrected chi connectivity index (χ4v) is 3.00. The average molecular weight is 241 g/mol. The van der Waals surface area contributed by atoms with Crippen molar-refractivity contribution in [1.29, 1.82) is 0 Å². The van der Waals surface area contributed by atoms with E-state index < -0.39 is 12.5 Å². The van der Waals surface area contributed by atoms with E-state index in [-0.39, 0.29) is 12.0 Å². The zero-order chi connectivity index (χ0) is 13.1. The van der Waals surface area contributed by atoms with Crippen LogP contribution in [-0.4, -0.2) is 30.7 Å². The number of nitrogens with one attached hydrogen (secondary N) is 1. The lowest BCUT2D eigenvalue weighted by Crippen LogP contribution is -2.40. The molecule has 0 spiro atoms. The first-order chi connectivity index (χ1) is 7.93. The fourth-order valence-electron chi connectivity index (χ4n) is 3.00. The Kier molecular flexibility index (Phi) is 5.01. The van der Waals surface area contributed by atoms with Crippen molar-refractivity contribution in [3.8, 4) is 0 Å². The Morgan fingerprint density at radius 3 is 2.71 bits per heavy atom. The summed E-state index contributed by atoms with van der Waals surface area (Å²) in [6, 6.07) is 0.203. The standard InChI is InChI=1S/C12H24BNO3/c1-5-9-7-10(14-13(4)16)8-12(9,3)11(15)17-6-2/h9-10,14,16H,5-8H2,1-4H3/t9-,10+,12-/m0/s1. The van der Waals surface area contributed by atoms with Gasteiger partial charge in [-0.25, -0.2) is 0 Å². The van der Waals surface area contributed by atoms with Gasteiger partial charge >= 0.3 is 13.0 Å². The minimum absolute atomic E-state index is 0.0956. The van der Waals surface area contributed by atoms with E-state index in [4.69, 9.17) is 4.74 Å². The second kappa shape index (κ2) is 5.87. The third kappa shape index (κ3) is 3.22. The van der Waals surface area contributed by atoms with Crippen molar-refractivity contribution in [2.24, 2.45) is 11.3 Å². The molecule has 1 aliphatic carbocycles. The second-order valence-electron chi connectivity index (χ2n) is 5.22. The molecule has 0 radical (unpaired) electrons. The quantitative estimate of drug-likeness (QED) is 0.565. The Labute approximate surface area is 104 Å². The van der Waals surface area contributed by atoms with Gasteiger partial charge in [0.2, 0.25) is 0 Å². The third-order valence-corrected chi connectivity index (χ3v) is 3.85. The maximum Gasteiger partial charge on any atom is 0.373 e. The number of rotatable bonds is 5. The molecule has 2 N–H and O–H groups in total. The minimum atomic E-state index is -0.526. The molecule has 17 heavy (non-hydrogen) atoms. The Hall–Kier alpha value is -0.545. The Balaban J connectivity index is 2.73. The summed E-state index contributed by atoms with van der Waals surface area (Å²) < 4.78 is 5.18. The highest BCUT2D eigenvalue weighted by Gasteiger charge is 2.49. The van der Waals surface area contributed by atoms with Crippen LogP contribution in [-0.2, 0) is 9.53 Å². The lowest BCUT2D eigenvalue weighted by molar-refractivity contribution is -0.156. The largest absolute Gasteiger partial charge is 0.466 e. The number of carbonyl (C=O) groups is 1. The van der Waals surface area contributed by atoms with E-state index in [1.165, 1.54) is 0 Å². The molecule has 0 aromatic heterocycles. The normalized spacial score (nSPS) is 32.5. The monoisotopic (exact) mass is 241 g/mol. The Morgan fingerprint density at radius 2 is 2.24 bits per heavy atom. The summed E-state index contributed by atoms with van der Waals surface area (Å²) >= 11 is 0. The molecule has 0 aromatic carbocycles. The highest BCUT2D eigenvalue weighted by atomic mass is 16.5. The molecular formula is C12H24BNO3. The third-order valence-electron chi connectivity index (χ3n) is 3.85. The van der Waals surface area contributed by atoms with E-state index in [0.29, 0.717) is 12.5 Å². The number of ether oxygens (including phenoxy) is 1. The minimum Gasteiger partial charge on any atom is -0.466 e. The van der Waals surface area contributed by atoms with Gasteiger partial charge in [-0.3, -0.25) is 4.79 Å². The summed E-state index contributed by atoms with van der Waals surface area (Å²) in [5.41, 5.74) is -0.405. The average Bonchev–Trinajstić information content (AvgIpc) is 2.55. The highest BCUT2D eigenvalue weighted by molar-refractivity contribution is 6.45. The van der Waals surface area contributed by atoms with Crippen LogP contribution < -0.4 is 5.23 Å². The molecule has 4 nitrogen and oxygen atoms in total. The maximum absolute atomic E-state index is 12.1. The van der Waals surface area contributed by atoms with E-state index in [0.717, 1.165) is 19.3 Å². The van der Waals surface area contributed by atoms with Gasteiger partial charge in [-0.1, -0.05) is 13.3 Å². The summed E-state index contributed by atoms with van der Waals surface area (Å²) in [5, 5.41) is 12.5. The highest BCUT2D eigenvalue weighted by Crippen LogP contribution is 2.45. The fraction of sp³-hybridized carbons (Fsp3) is 0.917. The van der Waals surface area contributed by atoms with E-state index in [2.05, 4.69) is 12.2 Å². The molecule has 0 heterocycles. The van der Waals surface area contributed by atoms with Crippen LogP contribution in [0.1, 0.15) is 40.0 Å². The molecule has 0 unspecified atom stereocenters. The lowest BCUT2D eigenvalue weighted by atomic mass is 9.78. The topological polar surface area (TPSA) is 58.6 Å². The van der Waals surface area contributed by atoms with Crippen LogP contribution in [0.5, 0.6) is 0 Å². The smallest absolute Gasteiger partial charge is 0.373 e. The zero-order valence-electron chi connectivity index (χ0n) is 11.3. The Bertz CT molecular complexity index is 272. The molecule has 0 amide bonds. The summed E-state index contributed by atoms with van der Waals surface area (Å²) in [6.07, 6.45) is 2.64. The lowest BCUT2D eigenvalue weighted by Gasteiger charge is -2.28. The number of hydrogen-bond donors (Lipinski definition) is 2. The predicted molar refractivity (Wildman–Crippen MR) is 68.5 cm³/mol. The van der Waals surface area contributed by atoms with Crippen molar-refractivity contribution in [3.63, 3.8) is 0 Å². The molecule has 0 aliphatic heterocycles.